The lowest BCUT2D eigenvalue weighted by atomic mass is 9.97. The van der Waals surface area contributed by atoms with E-state index in [1.807, 2.05) is 48.5 Å². The number of hydrogen-bond acceptors (Lipinski definition) is 5. The van der Waals surface area contributed by atoms with Crippen LogP contribution < -0.4 is 9.47 Å². The summed E-state index contributed by atoms with van der Waals surface area (Å²) in [7, 11) is 4.85. The first kappa shape index (κ1) is 21.4. The summed E-state index contributed by atoms with van der Waals surface area (Å²) in [6, 6.07) is 14.9. The smallest absolute Gasteiger partial charge is 0.262 e. The molecule has 2 aromatic carbocycles. The first-order valence-electron chi connectivity index (χ1n) is 9.89. The fourth-order valence-corrected chi connectivity index (χ4v) is 3.53. The SMILES string of the molecule is CCC(=O)N(C)CC(=O)N1N=C(c2cccc(OC)c2)C[C@@H]1c1ccccc1OC. The van der Waals surface area contributed by atoms with Crippen LogP contribution in [0.1, 0.15) is 36.9 Å². The molecule has 0 aromatic heterocycles. The second-order valence-electron chi connectivity index (χ2n) is 7.08. The van der Waals surface area contributed by atoms with Gasteiger partial charge in [0.25, 0.3) is 5.91 Å². The van der Waals surface area contributed by atoms with Gasteiger partial charge in [0, 0.05) is 31.0 Å². The van der Waals surface area contributed by atoms with Gasteiger partial charge in [-0.15, -0.1) is 0 Å². The topological polar surface area (TPSA) is 71.4 Å². The highest BCUT2D eigenvalue weighted by atomic mass is 16.5. The van der Waals surface area contributed by atoms with E-state index in [0.29, 0.717) is 18.6 Å². The van der Waals surface area contributed by atoms with E-state index in [2.05, 4.69) is 5.10 Å². The fourth-order valence-electron chi connectivity index (χ4n) is 3.53. The van der Waals surface area contributed by atoms with Crippen LogP contribution in [0, 0.1) is 0 Å². The van der Waals surface area contributed by atoms with Gasteiger partial charge in [-0.05, 0) is 18.2 Å². The number of hydrazone groups is 1. The molecule has 158 valence electrons. The van der Waals surface area contributed by atoms with E-state index < -0.39 is 0 Å². The lowest BCUT2D eigenvalue weighted by Gasteiger charge is -2.25. The minimum absolute atomic E-state index is 0.0345. The molecule has 1 heterocycles. The third-order valence-electron chi connectivity index (χ3n) is 5.17. The van der Waals surface area contributed by atoms with Crippen LogP contribution in [0.4, 0.5) is 0 Å². The number of nitrogens with zero attached hydrogens (tertiary/aromatic N) is 3. The zero-order valence-corrected chi connectivity index (χ0v) is 17.8. The molecule has 7 heteroatoms. The predicted octanol–water partition coefficient (Wildman–Crippen LogP) is 3.25. The fraction of sp³-hybridized carbons (Fsp3) is 0.348. The molecule has 30 heavy (non-hydrogen) atoms. The monoisotopic (exact) mass is 409 g/mol. The standard InChI is InChI=1S/C23H27N3O4/c1-5-22(27)25(2)15-23(28)26-20(18-11-6-7-12-21(18)30-4)14-19(24-26)16-9-8-10-17(13-16)29-3/h6-13,20H,5,14-15H2,1-4H3/t20-/m1/s1. The molecule has 2 amide bonds. The Morgan fingerprint density at radius 1 is 1.13 bits per heavy atom. The minimum Gasteiger partial charge on any atom is -0.497 e. The van der Waals surface area contributed by atoms with Crippen molar-refractivity contribution in [1.29, 1.82) is 0 Å². The van der Waals surface area contributed by atoms with Crippen molar-refractivity contribution < 1.29 is 19.1 Å². The molecule has 0 bridgehead atoms. The zero-order chi connectivity index (χ0) is 21.7. The number of hydrogen-bond donors (Lipinski definition) is 0. The van der Waals surface area contributed by atoms with Crippen LogP contribution in [0.2, 0.25) is 0 Å². The van der Waals surface area contributed by atoms with Crippen molar-refractivity contribution in [3.8, 4) is 11.5 Å². The predicted molar refractivity (Wildman–Crippen MR) is 115 cm³/mol. The molecule has 1 aliphatic rings. The Bertz CT molecular complexity index is 957. The number of carbonyl (C=O) groups is 2. The van der Waals surface area contributed by atoms with E-state index in [1.54, 1.807) is 28.2 Å². The highest BCUT2D eigenvalue weighted by molar-refractivity contribution is 6.03. The van der Waals surface area contributed by atoms with Gasteiger partial charge in [0.2, 0.25) is 5.91 Å². The van der Waals surface area contributed by atoms with Crippen LogP contribution in [0.3, 0.4) is 0 Å². The normalized spacial score (nSPS) is 15.5. The first-order chi connectivity index (χ1) is 14.5. The van der Waals surface area contributed by atoms with E-state index in [1.165, 1.54) is 9.91 Å². The average molecular weight is 409 g/mol. The number of rotatable bonds is 7. The third-order valence-corrected chi connectivity index (χ3v) is 5.17. The van der Waals surface area contributed by atoms with E-state index in [-0.39, 0.29) is 24.4 Å². The maximum atomic E-state index is 13.1. The number of ether oxygens (including phenoxy) is 2. The maximum absolute atomic E-state index is 13.1. The number of methoxy groups -OCH3 is 2. The number of para-hydroxylation sites is 1. The largest absolute Gasteiger partial charge is 0.497 e. The molecule has 0 unspecified atom stereocenters. The van der Waals surface area contributed by atoms with Crippen molar-refractivity contribution in [2.45, 2.75) is 25.8 Å². The van der Waals surface area contributed by atoms with Crippen molar-refractivity contribution in [2.24, 2.45) is 5.10 Å². The third kappa shape index (κ3) is 4.45. The Kier molecular flexibility index (Phi) is 6.72. The molecule has 7 nitrogen and oxygen atoms in total. The van der Waals surface area contributed by atoms with Crippen molar-refractivity contribution >= 4 is 17.5 Å². The van der Waals surface area contributed by atoms with Crippen molar-refractivity contribution in [3.05, 3.63) is 59.7 Å². The van der Waals surface area contributed by atoms with E-state index in [0.717, 1.165) is 22.6 Å². The molecule has 0 saturated heterocycles. The summed E-state index contributed by atoms with van der Waals surface area (Å²) in [5.41, 5.74) is 2.55. The summed E-state index contributed by atoms with van der Waals surface area (Å²) >= 11 is 0. The molecule has 0 saturated carbocycles. The summed E-state index contributed by atoms with van der Waals surface area (Å²) in [5.74, 6) is 1.09. The summed E-state index contributed by atoms with van der Waals surface area (Å²) in [6.45, 7) is 1.74. The van der Waals surface area contributed by atoms with Gasteiger partial charge >= 0.3 is 0 Å². The van der Waals surface area contributed by atoms with Crippen LogP contribution in [0.5, 0.6) is 11.5 Å². The van der Waals surface area contributed by atoms with Crippen molar-refractivity contribution in [1.82, 2.24) is 9.91 Å². The Morgan fingerprint density at radius 3 is 2.60 bits per heavy atom. The molecular formula is C23H27N3O4. The lowest BCUT2D eigenvalue weighted by molar-refractivity contribution is -0.140. The van der Waals surface area contributed by atoms with E-state index >= 15 is 0 Å². The van der Waals surface area contributed by atoms with Gasteiger partial charge in [0.15, 0.2) is 0 Å². The van der Waals surface area contributed by atoms with Crippen LogP contribution in [0.15, 0.2) is 53.6 Å². The van der Waals surface area contributed by atoms with Gasteiger partial charge in [-0.25, -0.2) is 5.01 Å². The Hall–Kier alpha value is -3.35. The van der Waals surface area contributed by atoms with Crippen LogP contribution >= 0.6 is 0 Å². The quantitative estimate of drug-likeness (QED) is 0.704. The second kappa shape index (κ2) is 9.43. The lowest BCUT2D eigenvalue weighted by Crippen LogP contribution is -2.39. The Morgan fingerprint density at radius 2 is 1.90 bits per heavy atom. The Balaban J connectivity index is 1.96. The molecule has 0 fully saturated rings. The number of benzene rings is 2. The van der Waals surface area contributed by atoms with Gasteiger partial charge < -0.3 is 14.4 Å². The van der Waals surface area contributed by atoms with Gasteiger partial charge in [-0.1, -0.05) is 37.3 Å². The first-order valence-corrected chi connectivity index (χ1v) is 9.89. The average Bonchev–Trinajstić information content (AvgIpc) is 3.24. The molecule has 0 aliphatic carbocycles. The Labute approximate surface area is 176 Å². The van der Waals surface area contributed by atoms with Gasteiger partial charge in [-0.3, -0.25) is 9.59 Å². The molecule has 0 N–H and O–H groups in total. The van der Waals surface area contributed by atoms with Gasteiger partial charge in [0.1, 0.15) is 18.0 Å². The zero-order valence-electron chi connectivity index (χ0n) is 17.8. The molecule has 1 aliphatic heterocycles. The van der Waals surface area contributed by atoms with Gasteiger partial charge in [-0.2, -0.15) is 5.10 Å². The molecule has 0 radical (unpaired) electrons. The molecule has 3 rings (SSSR count). The van der Waals surface area contributed by atoms with Crippen LogP contribution in [-0.4, -0.2) is 55.2 Å². The summed E-state index contributed by atoms with van der Waals surface area (Å²) < 4.78 is 10.9. The second-order valence-corrected chi connectivity index (χ2v) is 7.08. The van der Waals surface area contributed by atoms with E-state index in [4.69, 9.17) is 9.47 Å². The highest BCUT2D eigenvalue weighted by Crippen LogP contribution is 2.37. The molecule has 2 aromatic rings. The van der Waals surface area contributed by atoms with E-state index in [9.17, 15) is 9.59 Å². The molecular weight excluding hydrogens is 382 g/mol. The number of carbonyl (C=O) groups excluding carboxylic acids is 2. The van der Waals surface area contributed by atoms with Crippen molar-refractivity contribution in [3.63, 3.8) is 0 Å². The summed E-state index contributed by atoms with van der Waals surface area (Å²) in [4.78, 5) is 26.5. The van der Waals surface area contributed by atoms with Crippen LogP contribution in [0.25, 0.3) is 0 Å². The summed E-state index contributed by atoms with van der Waals surface area (Å²) in [5, 5.41) is 6.13. The highest BCUT2D eigenvalue weighted by Gasteiger charge is 2.35. The number of amides is 2. The summed E-state index contributed by atoms with van der Waals surface area (Å²) in [6.07, 6.45) is 0.878. The maximum Gasteiger partial charge on any atom is 0.262 e. The van der Waals surface area contributed by atoms with Gasteiger partial charge in [0.05, 0.1) is 26.0 Å². The number of likely N-dealkylation sites (N-methyl/N-ethyl adjacent to an activating group) is 1. The van der Waals surface area contributed by atoms with Crippen molar-refractivity contribution in [2.75, 3.05) is 27.8 Å². The molecule has 1 atom stereocenters. The molecule has 0 spiro atoms. The minimum atomic E-state index is -0.319. The van der Waals surface area contributed by atoms with Crippen LogP contribution in [-0.2, 0) is 9.59 Å².